The molecule has 2 aliphatic heterocycles. The van der Waals surface area contributed by atoms with Crippen LogP contribution in [-0.4, -0.2) is 46.2 Å². The summed E-state index contributed by atoms with van der Waals surface area (Å²) in [5.41, 5.74) is 1.59. The highest BCUT2D eigenvalue weighted by Gasteiger charge is 2.34. The molecule has 2 saturated heterocycles. The number of nitrogens with zero attached hydrogens (tertiary/aromatic N) is 2. The third-order valence-corrected chi connectivity index (χ3v) is 5.93. The smallest absolute Gasteiger partial charge is 0.242 e. The van der Waals surface area contributed by atoms with Gasteiger partial charge in [0.25, 0.3) is 0 Å². The zero-order valence-corrected chi connectivity index (χ0v) is 16.3. The monoisotopic (exact) mass is 381 g/mol. The van der Waals surface area contributed by atoms with Crippen molar-refractivity contribution in [3.63, 3.8) is 0 Å². The average molecular weight is 381 g/mol. The lowest BCUT2D eigenvalue weighted by Gasteiger charge is -2.27. The van der Waals surface area contributed by atoms with Gasteiger partial charge in [-0.3, -0.25) is 14.4 Å². The van der Waals surface area contributed by atoms with Crippen molar-refractivity contribution in [2.24, 2.45) is 5.92 Å². The van der Waals surface area contributed by atoms with Gasteiger partial charge in [-0.1, -0.05) is 31.5 Å². The van der Waals surface area contributed by atoms with Crippen molar-refractivity contribution in [2.45, 2.75) is 51.6 Å². The predicted molar refractivity (Wildman–Crippen MR) is 107 cm³/mol. The molecular weight excluding hydrogens is 354 g/mol. The number of Topliss-reactive ketones (excluding diaryl/α,β-unsaturated/α-hetero) is 1. The zero-order valence-electron chi connectivity index (χ0n) is 16.3. The van der Waals surface area contributed by atoms with E-state index in [-0.39, 0.29) is 36.1 Å². The van der Waals surface area contributed by atoms with E-state index >= 15 is 0 Å². The van der Waals surface area contributed by atoms with Crippen molar-refractivity contribution in [3.8, 4) is 0 Å². The molecule has 0 saturated carbocycles. The Balaban J connectivity index is 1.59. The Morgan fingerprint density at radius 1 is 1.18 bits per heavy atom. The first-order chi connectivity index (χ1) is 13.6. The molecule has 1 aromatic carbocycles. The van der Waals surface area contributed by atoms with Crippen LogP contribution in [0, 0.1) is 5.92 Å². The highest BCUT2D eigenvalue weighted by Crippen LogP contribution is 2.25. The van der Waals surface area contributed by atoms with Crippen molar-refractivity contribution < 1.29 is 14.4 Å². The maximum Gasteiger partial charge on any atom is 0.242 e. The number of hydrogen-bond acceptors (Lipinski definition) is 3. The third-order valence-electron chi connectivity index (χ3n) is 5.93. The van der Waals surface area contributed by atoms with Crippen LogP contribution in [0.4, 0.5) is 0 Å². The molecular formula is C22H27N3O3. The van der Waals surface area contributed by atoms with E-state index < -0.39 is 0 Å². The van der Waals surface area contributed by atoms with Gasteiger partial charge in [-0.05, 0) is 25.3 Å². The molecule has 1 aromatic heterocycles. The summed E-state index contributed by atoms with van der Waals surface area (Å²) in [6.07, 6.45) is 5.92. The van der Waals surface area contributed by atoms with Crippen LogP contribution in [0.25, 0.3) is 10.9 Å². The molecule has 28 heavy (non-hydrogen) atoms. The fraction of sp³-hybridized carbons (Fsp3) is 0.500. The lowest BCUT2D eigenvalue weighted by Crippen LogP contribution is -2.42. The summed E-state index contributed by atoms with van der Waals surface area (Å²) in [6.45, 7) is 3.24. The van der Waals surface area contributed by atoms with E-state index in [0.29, 0.717) is 25.1 Å². The van der Waals surface area contributed by atoms with Gasteiger partial charge in [-0.15, -0.1) is 0 Å². The number of para-hydroxylation sites is 1. The Bertz CT molecular complexity index is 917. The van der Waals surface area contributed by atoms with Crippen LogP contribution < -0.4 is 5.32 Å². The van der Waals surface area contributed by atoms with E-state index in [2.05, 4.69) is 5.32 Å². The van der Waals surface area contributed by atoms with Gasteiger partial charge in [-0.25, -0.2) is 0 Å². The fourth-order valence-electron chi connectivity index (χ4n) is 4.46. The number of ketones is 1. The van der Waals surface area contributed by atoms with Gasteiger partial charge in [0.05, 0.1) is 5.92 Å². The summed E-state index contributed by atoms with van der Waals surface area (Å²) >= 11 is 0. The van der Waals surface area contributed by atoms with E-state index in [1.807, 2.05) is 46.9 Å². The molecule has 2 bridgehead atoms. The van der Waals surface area contributed by atoms with Gasteiger partial charge < -0.3 is 14.8 Å². The summed E-state index contributed by atoms with van der Waals surface area (Å²) < 4.78 is 1.89. The molecule has 148 valence electrons. The van der Waals surface area contributed by atoms with Crippen molar-refractivity contribution in [2.75, 3.05) is 13.1 Å². The third kappa shape index (κ3) is 3.55. The maximum absolute atomic E-state index is 13.1. The molecule has 3 heterocycles. The molecule has 6 nitrogen and oxygen atoms in total. The van der Waals surface area contributed by atoms with Crippen LogP contribution in [0.2, 0.25) is 0 Å². The van der Waals surface area contributed by atoms with Crippen molar-refractivity contribution in [1.82, 2.24) is 14.8 Å². The summed E-state index contributed by atoms with van der Waals surface area (Å²) in [5, 5.41) is 3.97. The highest BCUT2D eigenvalue weighted by atomic mass is 16.2. The van der Waals surface area contributed by atoms with Gasteiger partial charge in [0.15, 0.2) is 5.78 Å². The van der Waals surface area contributed by atoms with E-state index in [0.717, 1.165) is 36.6 Å². The van der Waals surface area contributed by atoms with Crippen molar-refractivity contribution in [3.05, 3.63) is 36.0 Å². The maximum atomic E-state index is 13.1. The first-order valence-electron chi connectivity index (χ1n) is 10.3. The molecule has 2 aliphatic rings. The second-order valence-electron chi connectivity index (χ2n) is 7.99. The lowest BCUT2D eigenvalue weighted by molar-refractivity contribution is -0.133. The topological polar surface area (TPSA) is 71.4 Å². The highest BCUT2D eigenvalue weighted by molar-refractivity contribution is 6.08. The molecule has 6 heteroatoms. The number of nitrogens with one attached hydrogen (secondary N) is 1. The Kier molecular flexibility index (Phi) is 5.20. The summed E-state index contributed by atoms with van der Waals surface area (Å²) in [7, 11) is 0. The normalized spacial score (nSPS) is 22.0. The summed E-state index contributed by atoms with van der Waals surface area (Å²) in [4.78, 5) is 39.7. The van der Waals surface area contributed by atoms with Crippen molar-refractivity contribution in [1.29, 1.82) is 0 Å². The second kappa shape index (κ2) is 7.78. The molecule has 1 N–H and O–H groups in total. The number of benzene rings is 1. The average Bonchev–Trinajstić information content (AvgIpc) is 2.81. The van der Waals surface area contributed by atoms with E-state index in [4.69, 9.17) is 0 Å². The predicted octanol–water partition coefficient (Wildman–Crippen LogP) is 2.75. The number of rotatable bonds is 5. The molecule has 0 aliphatic carbocycles. The molecule has 2 unspecified atom stereocenters. The largest absolute Gasteiger partial charge is 0.351 e. The standard InChI is InChI=1S/C22H27N3O3/c1-2-6-20(26)18-13-24(19-10-4-3-9-17(18)19)14-21(27)25-11-15-7-5-8-16(12-25)23-22(15)28/h3-4,9-10,13,15-16H,2,5-8,11-12,14H2,1H3,(H,23,28). The molecule has 0 spiro atoms. The first-order valence-corrected chi connectivity index (χ1v) is 10.3. The number of amides is 2. The van der Waals surface area contributed by atoms with Gasteiger partial charge >= 0.3 is 0 Å². The Morgan fingerprint density at radius 3 is 2.82 bits per heavy atom. The summed E-state index contributed by atoms with van der Waals surface area (Å²) in [5.74, 6) is 0.0869. The first kappa shape index (κ1) is 18.7. The molecule has 2 fully saturated rings. The number of aromatic nitrogens is 1. The molecule has 2 atom stereocenters. The van der Waals surface area contributed by atoms with Crippen LogP contribution in [0.5, 0.6) is 0 Å². The number of carbonyl (C=O) groups is 3. The minimum absolute atomic E-state index is 0.00337. The van der Waals surface area contributed by atoms with Crippen LogP contribution >= 0.6 is 0 Å². The Morgan fingerprint density at radius 2 is 2.00 bits per heavy atom. The Hall–Kier alpha value is -2.63. The van der Waals surface area contributed by atoms with Gasteiger partial charge in [0, 0.05) is 48.2 Å². The molecule has 2 aromatic rings. The Labute approximate surface area is 164 Å². The van der Waals surface area contributed by atoms with Crippen LogP contribution in [0.3, 0.4) is 0 Å². The van der Waals surface area contributed by atoms with Gasteiger partial charge in [0.2, 0.25) is 11.8 Å². The zero-order chi connectivity index (χ0) is 19.7. The number of carbonyl (C=O) groups excluding carboxylic acids is 3. The van der Waals surface area contributed by atoms with Gasteiger partial charge in [-0.2, -0.15) is 0 Å². The second-order valence-corrected chi connectivity index (χ2v) is 7.99. The lowest BCUT2D eigenvalue weighted by atomic mass is 9.99. The molecule has 2 amide bonds. The van der Waals surface area contributed by atoms with Crippen LogP contribution in [0.1, 0.15) is 49.4 Å². The molecule has 4 rings (SSSR count). The van der Waals surface area contributed by atoms with E-state index in [1.165, 1.54) is 0 Å². The number of hydrogen-bond donors (Lipinski definition) is 1. The minimum atomic E-state index is -0.112. The van der Waals surface area contributed by atoms with E-state index in [9.17, 15) is 14.4 Å². The molecule has 0 radical (unpaired) electrons. The number of likely N-dealkylation sites (tertiary alicyclic amines) is 1. The van der Waals surface area contributed by atoms with Crippen LogP contribution in [0.15, 0.2) is 30.5 Å². The van der Waals surface area contributed by atoms with Crippen molar-refractivity contribution >= 4 is 28.5 Å². The SMILES string of the molecule is CCCC(=O)c1cn(CC(=O)N2CC3CCCC(C2)C(=O)N3)c2ccccc12. The van der Waals surface area contributed by atoms with E-state index in [1.54, 1.807) is 0 Å². The van der Waals surface area contributed by atoms with Gasteiger partial charge in [0.1, 0.15) is 6.54 Å². The number of fused-ring (bicyclic) bond motifs is 4. The van der Waals surface area contributed by atoms with Crippen LogP contribution in [-0.2, 0) is 16.1 Å². The minimum Gasteiger partial charge on any atom is -0.351 e. The summed E-state index contributed by atoms with van der Waals surface area (Å²) in [6, 6.07) is 7.79. The fourth-order valence-corrected chi connectivity index (χ4v) is 4.46. The quantitative estimate of drug-likeness (QED) is 0.810.